The van der Waals surface area contributed by atoms with Crippen LogP contribution in [0.3, 0.4) is 0 Å². The van der Waals surface area contributed by atoms with Gasteiger partial charge in [-0.25, -0.2) is 4.79 Å². The van der Waals surface area contributed by atoms with Gasteiger partial charge in [-0.3, -0.25) is 0 Å². The zero-order valence-electron chi connectivity index (χ0n) is 8.17. The van der Waals surface area contributed by atoms with Crippen molar-refractivity contribution in [2.75, 3.05) is 6.61 Å². The predicted octanol–water partition coefficient (Wildman–Crippen LogP) is 3.43. The van der Waals surface area contributed by atoms with Crippen LogP contribution in [-0.4, -0.2) is 12.6 Å². The van der Waals surface area contributed by atoms with Crippen LogP contribution in [0, 0.1) is 3.57 Å². The molecule has 1 aromatic carbocycles. The Kier molecular flexibility index (Phi) is 5.11. The van der Waals surface area contributed by atoms with E-state index in [2.05, 4.69) is 22.6 Å². The van der Waals surface area contributed by atoms with Crippen molar-refractivity contribution < 1.29 is 9.53 Å². The van der Waals surface area contributed by atoms with Gasteiger partial charge in [0.2, 0.25) is 0 Å². The van der Waals surface area contributed by atoms with E-state index >= 15 is 0 Å². The van der Waals surface area contributed by atoms with Gasteiger partial charge in [-0.15, -0.1) is 0 Å². The Hall–Kier alpha value is -0.550. The topological polar surface area (TPSA) is 26.3 Å². The van der Waals surface area contributed by atoms with Crippen LogP contribution < -0.4 is 0 Å². The Morgan fingerprint density at radius 3 is 2.60 bits per heavy atom. The Balaban J connectivity index is 2.78. The molecule has 80 valence electrons. The molecule has 0 radical (unpaired) electrons. The standard InChI is InChI=1S/C11H10ClIO2/c1-2-15-11(14)10(12)7-8-3-5-9(13)6-4-8/h3-7H,2H2,1H3/b10-7+. The fraction of sp³-hybridized carbons (Fsp3) is 0.182. The summed E-state index contributed by atoms with van der Waals surface area (Å²) in [6.07, 6.45) is 1.59. The fourth-order valence-electron chi connectivity index (χ4n) is 0.964. The van der Waals surface area contributed by atoms with Crippen molar-refractivity contribution in [3.63, 3.8) is 0 Å². The fourth-order valence-corrected chi connectivity index (χ4v) is 1.50. The van der Waals surface area contributed by atoms with Gasteiger partial charge in [0.15, 0.2) is 0 Å². The summed E-state index contributed by atoms with van der Waals surface area (Å²) >= 11 is 7.98. The first-order chi connectivity index (χ1) is 7.13. The summed E-state index contributed by atoms with van der Waals surface area (Å²) in [4.78, 5) is 11.2. The molecular weight excluding hydrogens is 326 g/mol. The minimum atomic E-state index is -0.488. The van der Waals surface area contributed by atoms with Gasteiger partial charge in [-0.05, 0) is 53.3 Å². The van der Waals surface area contributed by atoms with Gasteiger partial charge in [0.25, 0.3) is 0 Å². The molecule has 0 unspecified atom stereocenters. The zero-order valence-corrected chi connectivity index (χ0v) is 11.1. The van der Waals surface area contributed by atoms with Crippen molar-refractivity contribution >= 4 is 46.2 Å². The third-order valence-corrected chi connectivity index (χ3v) is 2.62. The highest BCUT2D eigenvalue weighted by molar-refractivity contribution is 14.1. The number of esters is 1. The SMILES string of the molecule is CCOC(=O)/C(Cl)=C\c1ccc(I)cc1. The van der Waals surface area contributed by atoms with E-state index in [1.807, 2.05) is 24.3 Å². The summed E-state index contributed by atoms with van der Waals surface area (Å²) in [5.74, 6) is -0.488. The van der Waals surface area contributed by atoms with Crippen molar-refractivity contribution in [2.24, 2.45) is 0 Å². The number of benzene rings is 1. The second-order valence-electron chi connectivity index (χ2n) is 2.76. The highest BCUT2D eigenvalue weighted by Crippen LogP contribution is 2.13. The van der Waals surface area contributed by atoms with Crippen LogP contribution in [0.4, 0.5) is 0 Å². The minimum Gasteiger partial charge on any atom is -0.462 e. The molecule has 0 aliphatic rings. The van der Waals surface area contributed by atoms with Crippen molar-refractivity contribution in [3.8, 4) is 0 Å². The van der Waals surface area contributed by atoms with Gasteiger partial charge in [0.05, 0.1) is 6.61 Å². The normalized spacial score (nSPS) is 11.3. The third-order valence-electron chi connectivity index (χ3n) is 1.63. The van der Waals surface area contributed by atoms with Crippen molar-refractivity contribution in [3.05, 3.63) is 38.4 Å². The van der Waals surface area contributed by atoms with Gasteiger partial charge in [0.1, 0.15) is 5.03 Å². The van der Waals surface area contributed by atoms with Gasteiger partial charge >= 0.3 is 5.97 Å². The lowest BCUT2D eigenvalue weighted by molar-refractivity contribution is -0.137. The molecule has 0 spiro atoms. The first-order valence-corrected chi connectivity index (χ1v) is 5.89. The first-order valence-electron chi connectivity index (χ1n) is 4.43. The molecule has 0 aromatic heterocycles. The average molecular weight is 337 g/mol. The van der Waals surface area contributed by atoms with E-state index in [0.717, 1.165) is 9.13 Å². The lowest BCUT2D eigenvalue weighted by Gasteiger charge is -1.99. The largest absolute Gasteiger partial charge is 0.462 e. The van der Waals surface area contributed by atoms with E-state index in [9.17, 15) is 4.79 Å². The molecule has 0 saturated heterocycles. The van der Waals surface area contributed by atoms with Gasteiger partial charge in [-0.2, -0.15) is 0 Å². The molecule has 0 atom stereocenters. The number of carbonyl (C=O) groups excluding carboxylic acids is 1. The number of hydrogen-bond donors (Lipinski definition) is 0. The second-order valence-corrected chi connectivity index (χ2v) is 4.42. The Bertz CT molecular complexity index is 371. The maximum Gasteiger partial charge on any atom is 0.349 e. The lowest BCUT2D eigenvalue weighted by Crippen LogP contribution is -2.03. The molecule has 1 rings (SSSR count). The molecule has 0 N–H and O–H groups in total. The Labute approximate surface area is 107 Å². The van der Waals surface area contributed by atoms with Crippen molar-refractivity contribution in [1.29, 1.82) is 0 Å². The van der Waals surface area contributed by atoms with E-state index in [4.69, 9.17) is 16.3 Å². The number of hydrogen-bond acceptors (Lipinski definition) is 2. The van der Waals surface area contributed by atoms with Crippen LogP contribution >= 0.6 is 34.2 Å². The van der Waals surface area contributed by atoms with E-state index in [0.29, 0.717) is 6.61 Å². The van der Waals surface area contributed by atoms with Crippen molar-refractivity contribution in [2.45, 2.75) is 6.92 Å². The molecule has 0 saturated carbocycles. The van der Waals surface area contributed by atoms with E-state index in [1.54, 1.807) is 13.0 Å². The molecule has 0 aliphatic carbocycles. The number of halogens is 2. The van der Waals surface area contributed by atoms with Crippen molar-refractivity contribution in [1.82, 2.24) is 0 Å². The quantitative estimate of drug-likeness (QED) is 0.480. The first kappa shape index (κ1) is 12.5. The molecular formula is C11H10ClIO2. The number of ether oxygens (including phenoxy) is 1. The number of carbonyl (C=O) groups is 1. The third kappa shape index (κ3) is 4.22. The van der Waals surface area contributed by atoms with Crippen LogP contribution in [0.2, 0.25) is 0 Å². The predicted molar refractivity (Wildman–Crippen MR) is 69.6 cm³/mol. The summed E-state index contributed by atoms with van der Waals surface area (Å²) in [6, 6.07) is 7.68. The molecule has 15 heavy (non-hydrogen) atoms. The summed E-state index contributed by atoms with van der Waals surface area (Å²) in [6.45, 7) is 2.07. The molecule has 4 heteroatoms. The molecule has 0 fully saturated rings. The average Bonchev–Trinajstić information content (AvgIpc) is 2.22. The maximum atomic E-state index is 11.2. The smallest absolute Gasteiger partial charge is 0.349 e. The molecule has 0 amide bonds. The van der Waals surface area contributed by atoms with E-state index < -0.39 is 5.97 Å². The van der Waals surface area contributed by atoms with Crippen LogP contribution in [-0.2, 0) is 9.53 Å². The Morgan fingerprint density at radius 1 is 1.47 bits per heavy atom. The van der Waals surface area contributed by atoms with Crippen LogP contribution in [0.5, 0.6) is 0 Å². The summed E-state index contributed by atoms with van der Waals surface area (Å²) in [5.41, 5.74) is 0.883. The molecule has 0 heterocycles. The highest BCUT2D eigenvalue weighted by atomic mass is 127. The van der Waals surface area contributed by atoms with Crippen LogP contribution in [0.25, 0.3) is 6.08 Å². The summed E-state index contributed by atoms with van der Waals surface area (Å²) in [5, 5.41) is 0.0954. The summed E-state index contributed by atoms with van der Waals surface area (Å²) in [7, 11) is 0. The van der Waals surface area contributed by atoms with Gasteiger partial charge < -0.3 is 4.74 Å². The molecule has 0 aliphatic heterocycles. The summed E-state index contributed by atoms with van der Waals surface area (Å²) < 4.78 is 5.90. The highest BCUT2D eigenvalue weighted by Gasteiger charge is 2.06. The molecule has 0 bridgehead atoms. The zero-order chi connectivity index (χ0) is 11.3. The molecule has 1 aromatic rings. The molecule has 2 nitrogen and oxygen atoms in total. The van der Waals surface area contributed by atoms with Crippen LogP contribution in [0.1, 0.15) is 12.5 Å². The van der Waals surface area contributed by atoms with E-state index in [1.165, 1.54) is 0 Å². The number of rotatable bonds is 3. The van der Waals surface area contributed by atoms with E-state index in [-0.39, 0.29) is 5.03 Å². The maximum absolute atomic E-state index is 11.2. The van der Waals surface area contributed by atoms with Gasteiger partial charge in [-0.1, -0.05) is 23.7 Å². The second kappa shape index (κ2) is 6.12. The Morgan fingerprint density at radius 2 is 2.07 bits per heavy atom. The minimum absolute atomic E-state index is 0.0954. The van der Waals surface area contributed by atoms with Gasteiger partial charge in [0, 0.05) is 3.57 Å². The monoisotopic (exact) mass is 336 g/mol. The van der Waals surface area contributed by atoms with Crippen LogP contribution in [0.15, 0.2) is 29.3 Å². The lowest BCUT2D eigenvalue weighted by atomic mass is 10.2.